The van der Waals surface area contributed by atoms with E-state index in [0.29, 0.717) is 22.0 Å². The second-order valence-corrected chi connectivity index (χ2v) is 5.95. The quantitative estimate of drug-likeness (QED) is 0.583. The number of hydrogen-bond donors (Lipinski definition) is 2. The molecule has 8 heteroatoms. The van der Waals surface area contributed by atoms with Crippen LogP contribution in [0.5, 0.6) is 0 Å². The van der Waals surface area contributed by atoms with Gasteiger partial charge in [0.2, 0.25) is 0 Å². The molecule has 4 rings (SSSR count). The van der Waals surface area contributed by atoms with Gasteiger partial charge in [-0.25, -0.2) is 0 Å². The van der Waals surface area contributed by atoms with Crippen LogP contribution in [0.3, 0.4) is 0 Å². The van der Waals surface area contributed by atoms with Gasteiger partial charge in [-0.2, -0.15) is 15.4 Å². The lowest BCUT2D eigenvalue weighted by Gasteiger charge is -2.06. The molecule has 0 radical (unpaired) electrons. The van der Waals surface area contributed by atoms with Crippen molar-refractivity contribution >= 4 is 34.2 Å². The van der Waals surface area contributed by atoms with Gasteiger partial charge in [-0.05, 0) is 42.8 Å². The maximum atomic E-state index is 12.4. The molecule has 0 aliphatic heterocycles. The molecule has 0 saturated carbocycles. The van der Waals surface area contributed by atoms with Gasteiger partial charge < -0.3 is 9.84 Å². The van der Waals surface area contributed by atoms with Crippen LogP contribution < -0.4 is 5.32 Å². The number of nitrogens with one attached hydrogen (secondary N) is 2. The number of H-pyrrole nitrogens is 1. The fourth-order valence-corrected chi connectivity index (χ4v) is 2.60. The van der Waals surface area contributed by atoms with Crippen LogP contribution in [0, 0.1) is 6.92 Å². The number of carbonyl (C=O) groups is 1. The average molecular weight is 354 g/mol. The van der Waals surface area contributed by atoms with Crippen LogP contribution in [0.1, 0.15) is 16.1 Å². The predicted octanol–water partition coefficient (Wildman–Crippen LogP) is 3.83. The van der Waals surface area contributed by atoms with Crippen LogP contribution in [-0.4, -0.2) is 26.5 Å². The third-order valence-corrected chi connectivity index (χ3v) is 4.03. The van der Waals surface area contributed by atoms with Crippen LogP contribution in [0.15, 0.2) is 47.0 Å². The first-order valence-corrected chi connectivity index (χ1v) is 7.83. The molecular formula is C17H12ClN5O2. The van der Waals surface area contributed by atoms with Gasteiger partial charge in [0.05, 0.1) is 0 Å². The smallest absolute Gasteiger partial charge is 0.277 e. The number of hydrogen-bond acceptors (Lipinski definition) is 5. The minimum Gasteiger partial charge on any atom is -0.355 e. The number of aryl methyl sites for hydroxylation is 1. The summed E-state index contributed by atoms with van der Waals surface area (Å²) in [6.45, 7) is 1.88. The number of halogens is 1. The molecule has 2 aromatic carbocycles. The van der Waals surface area contributed by atoms with Gasteiger partial charge >= 0.3 is 0 Å². The second-order valence-electron chi connectivity index (χ2n) is 5.52. The first-order valence-electron chi connectivity index (χ1n) is 7.45. The third-order valence-electron chi connectivity index (χ3n) is 3.79. The van der Waals surface area contributed by atoms with Crippen LogP contribution >= 0.6 is 11.6 Å². The lowest BCUT2D eigenvalue weighted by atomic mass is 10.1. The minimum atomic E-state index is -0.372. The van der Waals surface area contributed by atoms with E-state index in [2.05, 4.69) is 25.9 Å². The van der Waals surface area contributed by atoms with Crippen molar-refractivity contribution in [1.82, 2.24) is 20.6 Å². The number of carbonyl (C=O) groups excluding carboxylic acids is 1. The Kier molecular flexibility index (Phi) is 3.70. The molecule has 25 heavy (non-hydrogen) atoms. The first kappa shape index (κ1) is 15.3. The molecule has 2 heterocycles. The number of aromatic amines is 1. The Hall–Kier alpha value is -3.19. The summed E-state index contributed by atoms with van der Waals surface area (Å²) in [7, 11) is 0. The molecule has 0 bridgehead atoms. The highest BCUT2D eigenvalue weighted by Crippen LogP contribution is 2.25. The van der Waals surface area contributed by atoms with E-state index >= 15 is 0 Å². The van der Waals surface area contributed by atoms with Crippen molar-refractivity contribution in [2.24, 2.45) is 0 Å². The Bertz CT molecular complexity index is 1090. The van der Waals surface area contributed by atoms with Gasteiger partial charge in [0.15, 0.2) is 11.5 Å². The topological polar surface area (TPSA) is 96.7 Å². The van der Waals surface area contributed by atoms with Crippen LogP contribution in [-0.2, 0) is 0 Å². The van der Waals surface area contributed by atoms with Crippen molar-refractivity contribution in [1.29, 1.82) is 0 Å². The molecule has 0 unspecified atom stereocenters. The van der Waals surface area contributed by atoms with Crippen molar-refractivity contribution in [3.05, 3.63) is 58.7 Å². The highest BCUT2D eigenvalue weighted by molar-refractivity contribution is 6.31. The SMILES string of the molecule is Cc1ccc(Cl)cc1NC(=O)c1cc(-c2ccc3n[nH]nc3c2)on1. The highest BCUT2D eigenvalue weighted by atomic mass is 35.5. The Morgan fingerprint density at radius 3 is 2.84 bits per heavy atom. The second kappa shape index (κ2) is 6.03. The summed E-state index contributed by atoms with van der Waals surface area (Å²) in [5.74, 6) is 0.0979. The van der Waals surface area contributed by atoms with Gasteiger partial charge in [0.1, 0.15) is 11.0 Å². The Balaban J connectivity index is 1.59. The van der Waals surface area contributed by atoms with Crippen molar-refractivity contribution in [3.8, 4) is 11.3 Å². The zero-order chi connectivity index (χ0) is 17.4. The number of benzene rings is 2. The number of fused-ring (bicyclic) bond motifs is 1. The molecule has 2 N–H and O–H groups in total. The zero-order valence-corrected chi connectivity index (χ0v) is 13.8. The summed E-state index contributed by atoms with van der Waals surface area (Å²) in [4.78, 5) is 12.4. The van der Waals surface area contributed by atoms with E-state index < -0.39 is 0 Å². The predicted molar refractivity (Wildman–Crippen MR) is 93.5 cm³/mol. The van der Waals surface area contributed by atoms with Gasteiger partial charge in [-0.15, -0.1) is 0 Å². The van der Waals surface area contributed by atoms with Crippen molar-refractivity contribution < 1.29 is 9.32 Å². The third kappa shape index (κ3) is 2.97. The minimum absolute atomic E-state index is 0.176. The molecule has 4 aromatic rings. The molecule has 0 spiro atoms. The largest absolute Gasteiger partial charge is 0.355 e. The maximum absolute atomic E-state index is 12.4. The molecule has 1 amide bonds. The molecule has 0 saturated heterocycles. The summed E-state index contributed by atoms with van der Waals surface area (Å²) < 4.78 is 5.29. The van der Waals surface area contributed by atoms with Crippen LogP contribution in [0.2, 0.25) is 5.02 Å². The fourth-order valence-electron chi connectivity index (χ4n) is 2.43. The number of rotatable bonds is 3. The van der Waals surface area contributed by atoms with Crippen molar-refractivity contribution in [2.75, 3.05) is 5.32 Å². The van der Waals surface area contributed by atoms with Crippen molar-refractivity contribution in [3.63, 3.8) is 0 Å². The summed E-state index contributed by atoms with van der Waals surface area (Å²) in [6, 6.07) is 12.3. The summed E-state index contributed by atoms with van der Waals surface area (Å²) in [5.41, 5.74) is 3.91. The van der Waals surface area contributed by atoms with E-state index in [0.717, 1.165) is 16.6 Å². The molecule has 124 valence electrons. The number of aromatic nitrogens is 4. The van der Waals surface area contributed by atoms with Gasteiger partial charge in [-0.3, -0.25) is 4.79 Å². The van der Waals surface area contributed by atoms with E-state index in [-0.39, 0.29) is 11.6 Å². The van der Waals surface area contributed by atoms with E-state index in [1.54, 1.807) is 18.2 Å². The normalized spacial score (nSPS) is 11.0. The standard InChI is InChI=1S/C17H12ClN5O2/c1-9-2-4-11(18)7-13(9)19-17(24)15-8-16(25-22-15)10-3-5-12-14(6-10)21-23-20-12/h2-8H,1H3,(H,19,24)(H,20,21,23). The van der Waals surface area contributed by atoms with Crippen molar-refractivity contribution in [2.45, 2.75) is 6.92 Å². The van der Waals surface area contributed by atoms with E-state index in [1.165, 1.54) is 0 Å². The number of nitrogens with zero attached hydrogens (tertiary/aromatic N) is 3. The molecule has 0 aliphatic rings. The van der Waals surface area contributed by atoms with Crippen LogP contribution in [0.25, 0.3) is 22.4 Å². The molecule has 2 aromatic heterocycles. The Morgan fingerprint density at radius 1 is 1.12 bits per heavy atom. The molecular weight excluding hydrogens is 342 g/mol. The van der Waals surface area contributed by atoms with Gasteiger partial charge in [0, 0.05) is 22.3 Å². The number of anilines is 1. The van der Waals surface area contributed by atoms with E-state index in [9.17, 15) is 4.79 Å². The maximum Gasteiger partial charge on any atom is 0.277 e. The monoisotopic (exact) mass is 353 g/mol. The van der Waals surface area contributed by atoms with Crippen LogP contribution in [0.4, 0.5) is 5.69 Å². The summed E-state index contributed by atoms with van der Waals surface area (Å²) >= 11 is 5.97. The first-order chi connectivity index (χ1) is 12.1. The molecule has 0 atom stereocenters. The van der Waals surface area contributed by atoms with Gasteiger partial charge in [0.25, 0.3) is 5.91 Å². The lowest BCUT2D eigenvalue weighted by Crippen LogP contribution is -2.13. The molecule has 7 nitrogen and oxygen atoms in total. The average Bonchev–Trinajstić information content (AvgIpc) is 3.26. The Labute approximate surface area is 147 Å². The Morgan fingerprint density at radius 2 is 1.96 bits per heavy atom. The molecule has 0 fully saturated rings. The molecule has 0 aliphatic carbocycles. The zero-order valence-electron chi connectivity index (χ0n) is 13.1. The number of amides is 1. The fraction of sp³-hybridized carbons (Fsp3) is 0.0588. The highest BCUT2D eigenvalue weighted by Gasteiger charge is 2.15. The lowest BCUT2D eigenvalue weighted by molar-refractivity contribution is 0.101. The van der Waals surface area contributed by atoms with E-state index in [4.69, 9.17) is 16.1 Å². The van der Waals surface area contributed by atoms with E-state index in [1.807, 2.05) is 31.2 Å². The summed E-state index contributed by atoms with van der Waals surface area (Å²) in [5, 5.41) is 17.8. The van der Waals surface area contributed by atoms with Gasteiger partial charge in [-0.1, -0.05) is 22.8 Å². The summed E-state index contributed by atoms with van der Waals surface area (Å²) in [6.07, 6.45) is 0.